The van der Waals surface area contributed by atoms with Crippen LogP contribution in [-0.2, 0) is 6.18 Å². The number of allylic oxidation sites excluding steroid dienone is 1. The monoisotopic (exact) mass is 364 g/mol. The summed E-state index contributed by atoms with van der Waals surface area (Å²) in [4.78, 5) is 0. The highest BCUT2D eigenvalue weighted by Gasteiger charge is 2.38. The molecule has 0 aliphatic heterocycles. The van der Waals surface area contributed by atoms with Gasteiger partial charge in [0.15, 0.2) is 0 Å². The third-order valence-electron chi connectivity index (χ3n) is 2.88. The molecule has 0 fully saturated rings. The summed E-state index contributed by atoms with van der Waals surface area (Å²) in [6, 6.07) is 4.41. The molecule has 2 rings (SSSR count). The van der Waals surface area contributed by atoms with E-state index in [0.29, 0.717) is 11.2 Å². The Kier molecular flexibility index (Phi) is 5.26. The molecule has 0 bridgehead atoms. The molecule has 1 aromatic carbocycles. The minimum atomic E-state index is -4.59. The zero-order valence-electron chi connectivity index (χ0n) is 12.3. The molecule has 0 aliphatic carbocycles. The molecule has 0 saturated heterocycles. The highest BCUT2D eigenvalue weighted by molar-refractivity contribution is 6.35. The van der Waals surface area contributed by atoms with Crippen LogP contribution in [-0.4, -0.2) is 16.4 Å². The highest BCUT2D eigenvalue weighted by atomic mass is 35.5. The Labute approximate surface area is 141 Å². The Bertz CT molecular complexity index is 735. The molecule has 0 unspecified atom stereocenters. The summed E-state index contributed by atoms with van der Waals surface area (Å²) in [6.45, 7) is 3.63. The van der Waals surface area contributed by atoms with Gasteiger partial charge >= 0.3 is 6.18 Å². The van der Waals surface area contributed by atoms with Crippen molar-refractivity contribution in [1.82, 2.24) is 9.78 Å². The number of rotatable bonds is 4. The van der Waals surface area contributed by atoms with E-state index in [-0.39, 0.29) is 17.3 Å². The standard InChI is InChI=1S/C15H13Cl2F3N2O/c1-9(2)5-6-23-14-11(15(18,19)20)8-21-22(14)13-4-3-10(16)7-12(13)17/h3-5,7-8H,6H2,1-2H3. The summed E-state index contributed by atoms with van der Waals surface area (Å²) < 4.78 is 45.7. The van der Waals surface area contributed by atoms with Crippen LogP contribution in [0.4, 0.5) is 13.2 Å². The van der Waals surface area contributed by atoms with Gasteiger partial charge in [0.25, 0.3) is 0 Å². The van der Waals surface area contributed by atoms with Gasteiger partial charge in [0.1, 0.15) is 12.2 Å². The molecular weight excluding hydrogens is 352 g/mol. The number of hydrogen-bond donors (Lipinski definition) is 0. The highest BCUT2D eigenvalue weighted by Crippen LogP contribution is 2.38. The number of nitrogens with zero attached hydrogens (tertiary/aromatic N) is 2. The van der Waals surface area contributed by atoms with Crippen LogP contribution in [0.3, 0.4) is 0 Å². The van der Waals surface area contributed by atoms with Gasteiger partial charge in [-0.3, -0.25) is 0 Å². The topological polar surface area (TPSA) is 27.1 Å². The predicted molar refractivity (Wildman–Crippen MR) is 83.5 cm³/mol. The summed E-state index contributed by atoms with van der Waals surface area (Å²) in [7, 11) is 0. The molecule has 0 saturated carbocycles. The van der Waals surface area contributed by atoms with Crippen LogP contribution in [0.25, 0.3) is 5.69 Å². The molecule has 124 valence electrons. The minimum absolute atomic E-state index is 0.0116. The van der Waals surface area contributed by atoms with Gasteiger partial charge in [0, 0.05) is 5.02 Å². The first-order valence-corrected chi connectivity index (χ1v) is 7.32. The molecule has 1 heterocycles. The first-order chi connectivity index (χ1) is 10.7. The van der Waals surface area contributed by atoms with Crippen LogP contribution < -0.4 is 4.74 Å². The van der Waals surface area contributed by atoms with Crippen molar-refractivity contribution in [3.05, 3.63) is 51.7 Å². The summed E-state index contributed by atoms with van der Waals surface area (Å²) in [5, 5.41) is 4.30. The summed E-state index contributed by atoms with van der Waals surface area (Å²) in [5.74, 6) is -0.417. The van der Waals surface area contributed by atoms with Crippen molar-refractivity contribution in [2.45, 2.75) is 20.0 Å². The lowest BCUT2D eigenvalue weighted by Crippen LogP contribution is -2.10. The zero-order valence-corrected chi connectivity index (χ0v) is 13.8. The fourth-order valence-electron chi connectivity index (χ4n) is 1.78. The Morgan fingerprint density at radius 1 is 1.30 bits per heavy atom. The molecule has 23 heavy (non-hydrogen) atoms. The number of aromatic nitrogens is 2. The van der Waals surface area contributed by atoms with E-state index in [9.17, 15) is 13.2 Å². The van der Waals surface area contributed by atoms with E-state index in [4.69, 9.17) is 27.9 Å². The first-order valence-electron chi connectivity index (χ1n) is 6.57. The van der Waals surface area contributed by atoms with Crippen molar-refractivity contribution >= 4 is 23.2 Å². The lowest BCUT2D eigenvalue weighted by Gasteiger charge is -2.13. The van der Waals surface area contributed by atoms with E-state index in [1.165, 1.54) is 18.2 Å². The fourth-order valence-corrected chi connectivity index (χ4v) is 2.27. The van der Waals surface area contributed by atoms with E-state index in [2.05, 4.69) is 5.10 Å². The smallest absolute Gasteiger partial charge is 0.423 e. The molecule has 0 spiro atoms. The van der Waals surface area contributed by atoms with Crippen molar-refractivity contribution in [2.75, 3.05) is 6.61 Å². The normalized spacial score (nSPS) is 11.4. The van der Waals surface area contributed by atoms with E-state index in [1.807, 2.05) is 13.8 Å². The maximum atomic E-state index is 13.1. The zero-order chi connectivity index (χ0) is 17.2. The van der Waals surface area contributed by atoms with Crippen LogP contribution in [0.2, 0.25) is 10.0 Å². The van der Waals surface area contributed by atoms with E-state index >= 15 is 0 Å². The van der Waals surface area contributed by atoms with Gasteiger partial charge in [-0.05, 0) is 38.1 Å². The van der Waals surface area contributed by atoms with E-state index < -0.39 is 17.6 Å². The summed E-state index contributed by atoms with van der Waals surface area (Å²) >= 11 is 11.9. The van der Waals surface area contributed by atoms with Gasteiger partial charge in [0.05, 0.1) is 16.9 Å². The van der Waals surface area contributed by atoms with Crippen molar-refractivity contribution in [3.8, 4) is 11.6 Å². The van der Waals surface area contributed by atoms with Crippen LogP contribution in [0.1, 0.15) is 19.4 Å². The minimum Gasteiger partial charge on any atom is -0.473 e. The van der Waals surface area contributed by atoms with Gasteiger partial charge in [-0.1, -0.05) is 28.8 Å². The molecule has 1 aromatic heterocycles. The number of halogens is 5. The fraction of sp³-hybridized carbons (Fsp3) is 0.267. The maximum absolute atomic E-state index is 13.1. The van der Waals surface area contributed by atoms with E-state index in [1.54, 1.807) is 6.08 Å². The van der Waals surface area contributed by atoms with Crippen molar-refractivity contribution < 1.29 is 17.9 Å². The van der Waals surface area contributed by atoms with Crippen LogP contribution in [0, 0.1) is 0 Å². The van der Waals surface area contributed by atoms with Crippen molar-refractivity contribution in [2.24, 2.45) is 0 Å². The van der Waals surface area contributed by atoms with Crippen molar-refractivity contribution in [3.63, 3.8) is 0 Å². The van der Waals surface area contributed by atoms with Crippen LogP contribution in [0.15, 0.2) is 36.0 Å². The summed E-state index contributed by atoms with van der Waals surface area (Å²) in [5.41, 5.74) is 0.207. The predicted octanol–water partition coefficient (Wildman–Crippen LogP) is 5.54. The average molecular weight is 365 g/mol. The second-order valence-corrected chi connectivity index (χ2v) is 5.80. The second-order valence-electron chi connectivity index (χ2n) is 4.96. The third kappa shape index (κ3) is 4.20. The van der Waals surface area contributed by atoms with Gasteiger partial charge in [0.2, 0.25) is 5.88 Å². The first kappa shape index (κ1) is 17.7. The third-order valence-corrected chi connectivity index (χ3v) is 3.42. The van der Waals surface area contributed by atoms with E-state index in [0.717, 1.165) is 10.3 Å². The van der Waals surface area contributed by atoms with Crippen LogP contribution >= 0.6 is 23.2 Å². The molecule has 8 heteroatoms. The molecule has 0 atom stereocenters. The van der Waals surface area contributed by atoms with Crippen molar-refractivity contribution in [1.29, 1.82) is 0 Å². The lowest BCUT2D eigenvalue weighted by atomic mass is 10.3. The molecule has 0 amide bonds. The Balaban J connectivity index is 2.50. The SMILES string of the molecule is CC(C)=CCOc1c(C(F)(F)F)cnn1-c1ccc(Cl)cc1Cl. The quantitative estimate of drug-likeness (QED) is 0.665. The largest absolute Gasteiger partial charge is 0.473 e. The number of alkyl halides is 3. The van der Waals surface area contributed by atoms with Gasteiger partial charge in [-0.15, -0.1) is 0 Å². The molecule has 0 radical (unpaired) electrons. The van der Waals surface area contributed by atoms with Crippen LogP contribution in [0.5, 0.6) is 5.88 Å². The van der Waals surface area contributed by atoms with Gasteiger partial charge in [-0.25, -0.2) is 0 Å². The molecular formula is C15H13Cl2F3N2O. The average Bonchev–Trinajstić information content (AvgIpc) is 2.82. The second kappa shape index (κ2) is 6.84. The maximum Gasteiger partial charge on any atom is 0.423 e. The lowest BCUT2D eigenvalue weighted by molar-refractivity contribution is -0.138. The van der Waals surface area contributed by atoms with Gasteiger partial charge in [-0.2, -0.15) is 23.0 Å². The number of hydrogen-bond acceptors (Lipinski definition) is 2. The Morgan fingerprint density at radius 2 is 2.00 bits per heavy atom. The Morgan fingerprint density at radius 3 is 2.57 bits per heavy atom. The number of benzene rings is 1. The Hall–Kier alpha value is -1.66. The number of ether oxygens (including phenoxy) is 1. The molecule has 0 aliphatic rings. The molecule has 2 aromatic rings. The van der Waals surface area contributed by atoms with Gasteiger partial charge < -0.3 is 4.74 Å². The molecule has 3 nitrogen and oxygen atoms in total. The molecule has 0 N–H and O–H groups in total. The summed E-state index contributed by atoms with van der Waals surface area (Å²) in [6.07, 6.45) is -2.21.